The van der Waals surface area contributed by atoms with Crippen LogP contribution in [0.25, 0.3) is 0 Å². The molecule has 142 valence electrons. The normalized spacial score (nSPS) is 18.4. The molecule has 3 rings (SSSR count). The Morgan fingerprint density at radius 2 is 1.65 bits per heavy atom. The second-order valence-corrected chi connectivity index (χ2v) is 7.42. The maximum atomic E-state index is 14.0. The van der Waals surface area contributed by atoms with Gasteiger partial charge in [-0.15, -0.1) is 12.4 Å². The van der Waals surface area contributed by atoms with Gasteiger partial charge in [-0.2, -0.15) is 4.31 Å². The zero-order chi connectivity index (χ0) is 18.2. The molecule has 0 amide bonds. The first-order valence-electron chi connectivity index (χ1n) is 7.43. The Hall–Kier alpha value is -1.68. The number of nitrogens with zero attached hydrogens (tertiary/aromatic N) is 1. The van der Waals surface area contributed by atoms with Crippen molar-refractivity contribution in [2.24, 2.45) is 0 Å². The van der Waals surface area contributed by atoms with Crippen LogP contribution in [0.15, 0.2) is 41.3 Å². The fourth-order valence-corrected chi connectivity index (χ4v) is 4.57. The molecule has 4 nitrogen and oxygen atoms in total. The third-order valence-corrected chi connectivity index (χ3v) is 5.92. The van der Waals surface area contributed by atoms with Crippen molar-refractivity contribution in [1.29, 1.82) is 0 Å². The van der Waals surface area contributed by atoms with E-state index in [1.807, 2.05) is 0 Å². The van der Waals surface area contributed by atoms with Crippen molar-refractivity contribution in [3.8, 4) is 0 Å². The Balaban J connectivity index is 0.00000243. The molecule has 0 aromatic heterocycles. The van der Waals surface area contributed by atoms with E-state index in [0.29, 0.717) is 17.7 Å². The largest absolute Gasteiger partial charge is 0.313 e. The van der Waals surface area contributed by atoms with Gasteiger partial charge >= 0.3 is 0 Å². The molecule has 0 aliphatic carbocycles. The van der Waals surface area contributed by atoms with Gasteiger partial charge in [0.25, 0.3) is 0 Å². The topological polar surface area (TPSA) is 49.4 Å². The van der Waals surface area contributed by atoms with Crippen LogP contribution < -0.4 is 5.32 Å². The van der Waals surface area contributed by atoms with Crippen LogP contribution in [0.2, 0.25) is 0 Å². The average Bonchev–Trinajstić information content (AvgIpc) is 2.53. The zero-order valence-corrected chi connectivity index (χ0v) is 14.9. The van der Waals surface area contributed by atoms with Gasteiger partial charge in [-0.05, 0) is 17.7 Å². The Kier molecular flexibility index (Phi) is 6.28. The molecule has 1 N–H and O–H groups in total. The van der Waals surface area contributed by atoms with E-state index in [1.54, 1.807) is 0 Å². The van der Waals surface area contributed by atoms with Gasteiger partial charge in [0.15, 0.2) is 4.90 Å². The highest BCUT2D eigenvalue weighted by Gasteiger charge is 2.38. The summed E-state index contributed by atoms with van der Waals surface area (Å²) >= 11 is 0. The van der Waals surface area contributed by atoms with E-state index in [0.717, 1.165) is 10.4 Å². The first-order valence-corrected chi connectivity index (χ1v) is 8.87. The van der Waals surface area contributed by atoms with Gasteiger partial charge in [0.2, 0.25) is 10.0 Å². The maximum absolute atomic E-state index is 14.0. The number of rotatable bonds is 3. The van der Waals surface area contributed by atoms with Crippen LogP contribution >= 0.6 is 12.4 Å². The highest BCUT2D eigenvalue weighted by atomic mass is 35.5. The lowest BCUT2D eigenvalue weighted by atomic mass is 10.1. The van der Waals surface area contributed by atoms with Gasteiger partial charge < -0.3 is 5.32 Å². The smallest absolute Gasteiger partial charge is 0.249 e. The van der Waals surface area contributed by atoms with Crippen LogP contribution in [-0.2, 0) is 10.0 Å². The van der Waals surface area contributed by atoms with Crippen molar-refractivity contribution in [3.63, 3.8) is 0 Å². The lowest BCUT2D eigenvalue weighted by Gasteiger charge is -2.35. The van der Waals surface area contributed by atoms with Crippen LogP contribution in [0.4, 0.5) is 17.6 Å². The summed E-state index contributed by atoms with van der Waals surface area (Å²) in [5.41, 5.74) is 0.346. The van der Waals surface area contributed by atoms with Crippen molar-refractivity contribution in [3.05, 3.63) is 65.2 Å². The fraction of sp³-hybridized carbons (Fsp3) is 0.250. The van der Waals surface area contributed by atoms with Gasteiger partial charge in [0.1, 0.15) is 23.3 Å². The van der Waals surface area contributed by atoms with E-state index in [4.69, 9.17) is 0 Å². The fourth-order valence-electron chi connectivity index (χ4n) is 2.86. The summed E-state index contributed by atoms with van der Waals surface area (Å²) in [5.74, 6) is -4.78. The standard InChI is InChI=1S/C16H14F4N2O2S.ClH/c17-11-3-1-2-10(6-11)15-9-21-4-5-22(15)25(23,24)16-13(19)7-12(18)8-14(16)20;/h1-3,6-8,15,21H,4-5,9H2;1H. The molecule has 0 saturated carbocycles. The van der Waals surface area contributed by atoms with Gasteiger partial charge in [-0.1, -0.05) is 12.1 Å². The minimum Gasteiger partial charge on any atom is -0.313 e. The number of halogens is 5. The zero-order valence-electron chi connectivity index (χ0n) is 13.3. The molecule has 0 bridgehead atoms. The van der Waals surface area contributed by atoms with Crippen molar-refractivity contribution in [1.82, 2.24) is 9.62 Å². The predicted octanol–water partition coefficient (Wildman–Crippen LogP) is 3.00. The molecule has 1 unspecified atom stereocenters. The SMILES string of the molecule is Cl.O=S(=O)(c1c(F)cc(F)cc1F)N1CCNCC1c1cccc(F)c1. The lowest BCUT2D eigenvalue weighted by Crippen LogP contribution is -2.48. The highest BCUT2D eigenvalue weighted by Crippen LogP contribution is 2.31. The minimum absolute atomic E-state index is 0. The molecule has 1 fully saturated rings. The van der Waals surface area contributed by atoms with Crippen LogP contribution in [0.1, 0.15) is 11.6 Å². The Bertz CT molecular complexity index is 888. The van der Waals surface area contributed by atoms with Crippen LogP contribution in [0.3, 0.4) is 0 Å². The van der Waals surface area contributed by atoms with Crippen molar-refractivity contribution >= 4 is 22.4 Å². The Morgan fingerprint density at radius 3 is 2.27 bits per heavy atom. The van der Waals surface area contributed by atoms with E-state index in [2.05, 4.69) is 5.32 Å². The molecule has 2 aromatic rings. The third-order valence-electron chi connectivity index (χ3n) is 3.96. The predicted molar refractivity (Wildman–Crippen MR) is 89.5 cm³/mol. The number of benzene rings is 2. The van der Waals surface area contributed by atoms with Gasteiger partial charge in [0, 0.05) is 31.8 Å². The summed E-state index contributed by atoms with van der Waals surface area (Å²) in [6.45, 7) is 0.336. The molecule has 1 saturated heterocycles. The van der Waals surface area contributed by atoms with Crippen LogP contribution in [0.5, 0.6) is 0 Å². The average molecular weight is 411 g/mol. The Labute approximate surface area is 154 Å². The maximum Gasteiger partial charge on any atom is 0.249 e. The van der Waals surface area contributed by atoms with E-state index in [-0.39, 0.29) is 32.0 Å². The number of sulfonamides is 1. The molecule has 1 aliphatic rings. The number of hydrogen-bond donors (Lipinski definition) is 1. The van der Waals surface area contributed by atoms with Crippen molar-refractivity contribution < 1.29 is 26.0 Å². The second-order valence-electron chi connectivity index (χ2n) is 5.59. The third kappa shape index (κ3) is 3.85. The number of hydrogen-bond acceptors (Lipinski definition) is 3. The molecule has 1 atom stereocenters. The highest BCUT2D eigenvalue weighted by molar-refractivity contribution is 7.89. The first kappa shape index (κ1) is 20.6. The summed E-state index contributed by atoms with van der Waals surface area (Å²) in [7, 11) is -4.60. The molecular weight excluding hydrogens is 396 g/mol. The summed E-state index contributed by atoms with van der Waals surface area (Å²) in [4.78, 5) is -1.21. The first-order chi connectivity index (χ1) is 11.8. The molecule has 10 heteroatoms. The molecule has 26 heavy (non-hydrogen) atoms. The molecule has 0 spiro atoms. The van der Waals surface area contributed by atoms with Gasteiger partial charge in [-0.3, -0.25) is 0 Å². The van der Waals surface area contributed by atoms with Gasteiger partial charge in [0.05, 0.1) is 6.04 Å². The molecular formula is C16H15ClF4N2O2S. The molecule has 2 aromatic carbocycles. The Morgan fingerprint density at radius 1 is 1.00 bits per heavy atom. The summed E-state index contributed by atoms with van der Waals surface area (Å²) in [6, 6.07) is 5.10. The second kappa shape index (κ2) is 7.91. The number of nitrogens with one attached hydrogen (secondary N) is 1. The quantitative estimate of drug-likeness (QED) is 0.791. The summed E-state index contributed by atoms with van der Waals surface area (Å²) in [6.07, 6.45) is 0. The monoisotopic (exact) mass is 410 g/mol. The summed E-state index contributed by atoms with van der Waals surface area (Å²) < 4.78 is 81.1. The van der Waals surface area contributed by atoms with Gasteiger partial charge in [-0.25, -0.2) is 26.0 Å². The van der Waals surface area contributed by atoms with Crippen molar-refractivity contribution in [2.45, 2.75) is 10.9 Å². The van der Waals surface area contributed by atoms with Crippen LogP contribution in [0, 0.1) is 23.3 Å². The molecule has 1 aliphatic heterocycles. The molecule has 1 heterocycles. The van der Waals surface area contributed by atoms with E-state index in [1.165, 1.54) is 18.2 Å². The minimum atomic E-state index is -4.60. The van der Waals surface area contributed by atoms with E-state index in [9.17, 15) is 26.0 Å². The van der Waals surface area contributed by atoms with Crippen LogP contribution in [-0.4, -0.2) is 32.4 Å². The summed E-state index contributed by atoms with van der Waals surface area (Å²) in [5, 5.41) is 2.97. The molecule has 0 radical (unpaired) electrons. The van der Waals surface area contributed by atoms with Crippen molar-refractivity contribution in [2.75, 3.05) is 19.6 Å². The lowest BCUT2D eigenvalue weighted by molar-refractivity contribution is 0.269. The van der Waals surface area contributed by atoms with E-state index < -0.39 is 44.2 Å². The van der Waals surface area contributed by atoms with E-state index >= 15 is 0 Å². The number of piperazine rings is 1.